The third-order valence-electron chi connectivity index (χ3n) is 3.96. The van der Waals surface area contributed by atoms with E-state index in [0.29, 0.717) is 24.1 Å². The Kier molecular flexibility index (Phi) is 5.31. The van der Waals surface area contributed by atoms with Crippen LogP contribution in [0.1, 0.15) is 31.7 Å². The number of amides is 2. The van der Waals surface area contributed by atoms with Gasteiger partial charge in [0.2, 0.25) is 0 Å². The van der Waals surface area contributed by atoms with Crippen LogP contribution in [0.4, 0.5) is 4.79 Å². The Hall–Kier alpha value is -1.91. The van der Waals surface area contributed by atoms with Crippen LogP contribution in [0.3, 0.4) is 0 Å². The standard InChI is InChI=1S/C16H24N2O3/c1-12-6-4-5-9-18(12)16(19)17-11-13-7-8-14(20-2)15(10-13)21-3/h7-8,10,12H,4-6,9,11H2,1-3H3,(H,17,19). The summed E-state index contributed by atoms with van der Waals surface area (Å²) in [6.45, 7) is 3.44. The second-order valence-corrected chi connectivity index (χ2v) is 5.39. The number of likely N-dealkylation sites (tertiary alicyclic amines) is 1. The molecule has 0 saturated carbocycles. The third kappa shape index (κ3) is 3.80. The van der Waals surface area contributed by atoms with Crippen molar-refractivity contribution in [3.8, 4) is 11.5 Å². The molecule has 1 N–H and O–H groups in total. The minimum absolute atomic E-state index is 0.0111. The maximum Gasteiger partial charge on any atom is 0.317 e. The Bertz CT molecular complexity index is 490. The predicted molar refractivity (Wildman–Crippen MR) is 81.8 cm³/mol. The number of nitrogens with zero attached hydrogens (tertiary/aromatic N) is 1. The van der Waals surface area contributed by atoms with Gasteiger partial charge in [-0.2, -0.15) is 0 Å². The molecule has 2 rings (SSSR count). The van der Waals surface area contributed by atoms with Gasteiger partial charge in [0, 0.05) is 19.1 Å². The first kappa shape index (κ1) is 15.5. The van der Waals surface area contributed by atoms with Crippen molar-refractivity contribution in [3.63, 3.8) is 0 Å². The number of ether oxygens (including phenoxy) is 2. The summed E-state index contributed by atoms with van der Waals surface area (Å²) in [5, 5.41) is 2.98. The van der Waals surface area contributed by atoms with Gasteiger partial charge < -0.3 is 19.7 Å². The number of carbonyl (C=O) groups excluding carboxylic acids is 1. The zero-order valence-electron chi connectivity index (χ0n) is 13.0. The van der Waals surface area contributed by atoms with Crippen LogP contribution in [-0.2, 0) is 6.54 Å². The van der Waals surface area contributed by atoms with Gasteiger partial charge in [0.25, 0.3) is 0 Å². The van der Waals surface area contributed by atoms with Gasteiger partial charge in [-0.1, -0.05) is 6.07 Å². The molecule has 2 amide bonds. The van der Waals surface area contributed by atoms with Crippen LogP contribution in [0.15, 0.2) is 18.2 Å². The Labute approximate surface area is 126 Å². The van der Waals surface area contributed by atoms with Crippen LogP contribution in [0.5, 0.6) is 11.5 Å². The molecule has 21 heavy (non-hydrogen) atoms. The van der Waals surface area contributed by atoms with Crippen molar-refractivity contribution < 1.29 is 14.3 Å². The van der Waals surface area contributed by atoms with E-state index in [4.69, 9.17) is 9.47 Å². The fraction of sp³-hybridized carbons (Fsp3) is 0.562. The summed E-state index contributed by atoms with van der Waals surface area (Å²) >= 11 is 0. The number of hydrogen-bond acceptors (Lipinski definition) is 3. The predicted octanol–water partition coefficient (Wildman–Crippen LogP) is 2.79. The van der Waals surface area contributed by atoms with Gasteiger partial charge in [-0.05, 0) is 43.9 Å². The Morgan fingerprint density at radius 2 is 2.05 bits per heavy atom. The molecule has 1 unspecified atom stereocenters. The van der Waals surface area contributed by atoms with Crippen molar-refractivity contribution in [2.75, 3.05) is 20.8 Å². The smallest absolute Gasteiger partial charge is 0.317 e. The second-order valence-electron chi connectivity index (χ2n) is 5.39. The molecule has 5 heteroatoms. The molecule has 1 heterocycles. The van der Waals surface area contributed by atoms with Gasteiger partial charge in [0.1, 0.15) is 0 Å². The zero-order chi connectivity index (χ0) is 15.2. The number of methoxy groups -OCH3 is 2. The summed E-state index contributed by atoms with van der Waals surface area (Å²) in [5.41, 5.74) is 0.991. The summed E-state index contributed by atoms with van der Waals surface area (Å²) < 4.78 is 10.5. The van der Waals surface area contributed by atoms with Crippen molar-refractivity contribution >= 4 is 6.03 Å². The lowest BCUT2D eigenvalue weighted by atomic mass is 10.0. The van der Waals surface area contributed by atoms with Crippen LogP contribution in [0, 0.1) is 0 Å². The van der Waals surface area contributed by atoms with Gasteiger partial charge >= 0.3 is 6.03 Å². The van der Waals surface area contributed by atoms with Crippen LogP contribution in [-0.4, -0.2) is 37.7 Å². The molecule has 0 bridgehead atoms. The highest BCUT2D eigenvalue weighted by molar-refractivity contribution is 5.74. The molecular formula is C16H24N2O3. The maximum absolute atomic E-state index is 12.2. The van der Waals surface area contributed by atoms with E-state index in [1.807, 2.05) is 23.1 Å². The lowest BCUT2D eigenvalue weighted by Crippen LogP contribution is -2.47. The Morgan fingerprint density at radius 3 is 2.71 bits per heavy atom. The molecule has 1 fully saturated rings. The van der Waals surface area contributed by atoms with E-state index >= 15 is 0 Å². The monoisotopic (exact) mass is 292 g/mol. The van der Waals surface area contributed by atoms with E-state index < -0.39 is 0 Å². The van der Waals surface area contributed by atoms with Gasteiger partial charge in [0.05, 0.1) is 14.2 Å². The Morgan fingerprint density at radius 1 is 1.29 bits per heavy atom. The second kappa shape index (κ2) is 7.20. The lowest BCUT2D eigenvalue weighted by Gasteiger charge is -2.33. The number of carbonyl (C=O) groups is 1. The summed E-state index contributed by atoms with van der Waals surface area (Å²) in [6.07, 6.45) is 3.39. The number of urea groups is 1. The summed E-state index contributed by atoms with van der Waals surface area (Å²) in [7, 11) is 3.21. The minimum atomic E-state index is 0.0111. The number of nitrogens with one attached hydrogen (secondary N) is 1. The fourth-order valence-corrected chi connectivity index (χ4v) is 2.67. The molecule has 1 aliphatic rings. The molecule has 5 nitrogen and oxygen atoms in total. The van der Waals surface area contributed by atoms with E-state index in [0.717, 1.165) is 24.9 Å². The molecular weight excluding hydrogens is 268 g/mol. The zero-order valence-corrected chi connectivity index (χ0v) is 13.0. The summed E-state index contributed by atoms with van der Waals surface area (Å²) in [5.74, 6) is 1.37. The van der Waals surface area contributed by atoms with Gasteiger partial charge in [-0.25, -0.2) is 4.79 Å². The normalized spacial score (nSPS) is 18.2. The van der Waals surface area contributed by atoms with Crippen molar-refractivity contribution in [2.24, 2.45) is 0 Å². The molecule has 1 aromatic carbocycles. The first-order valence-electron chi connectivity index (χ1n) is 7.41. The SMILES string of the molecule is COc1ccc(CNC(=O)N2CCCCC2C)cc1OC. The highest BCUT2D eigenvalue weighted by Crippen LogP contribution is 2.27. The average molecular weight is 292 g/mol. The van der Waals surface area contributed by atoms with Crippen LogP contribution >= 0.6 is 0 Å². The Balaban J connectivity index is 1.94. The summed E-state index contributed by atoms with van der Waals surface area (Å²) in [6, 6.07) is 6.00. The number of benzene rings is 1. The molecule has 0 aliphatic carbocycles. The van der Waals surface area contributed by atoms with Crippen LogP contribution in [0.25, 0.3) is 0 Å². The van der Waals surface area contributed by atoms with Gasteiger partial charge in [-0.3, -0.25) is 0 Å². The molecule has 1 saturated heterocycles. The third-order valence-corrected chi connectivity index (χ3v) is 3.96. The van der Waals surface area contributed by atoms with E-state index in [2.05, 4.69) is 12.2 Å². The average Bonchev–Trinajstić information content (AvgIpc) is 2.52. The van der Waals surface area contributed by atoms with Crippen molar-refractivity contribution in [1.82, 2.24) is 10.2 Å². The lowest BCUT2D eigenvalue weighted by molar-refractivity contribution is 0.158. The van der Waals surface area contributed by atoms with Gasteiger partial charge in [0.15, 0.2) is 11.5 Å². The quantitative estimate of drug-likeness (QED) is 0.928. The molecule has 1 aliphatic heterocycles. The highest BCUT2D eigenvalue weighted by atomic mass is 16.5. The van der Waals surface area contributed by atoms with Gasteiger partial charge in [-0.15, -0.1) is 0 Å². The van der Waals surface area contributed by atoms with E-state index in [-0.39, 0.29) is 6.03 Å². The number of rotatable bonds is 4. The van der Waals surface area contributed by atoms with E-state index in [9.17, 15) is 4.79 Å². The molecule has 1 atom stereocenters. The molecule has 0 radical (unpaired) electrons. The van der Waals surface area contributed by atoms with Crippen molar-refractivity contribution in [2.45, 2.75) is 38.8 Å². The van der Waals surface area contributed by atoms with E-state index in [1.54, 1.807) is 14.2 Å². The first-order chi connectivity index (χ1) is 10.2. The van der Waals surface area contributed by atoms with Crippen molar-refractivity contribution in [3.05, 3.63) is 23.8 Å². The topological polar surface area (TPSA) is 50.8 Å². The maximum atomic E-state index is 12.2. The highest BCUT2D eigenvalue weighted by Gasteiger charge is 2.22. The van der Waals surface area contributed by atoms with Crippen molar-refractivity contribution in [1.29, 1.82) is 0 Å². The number of hydrogen-bond donors (Lipinski definition) is 1. The molecule has 1 aromatic rings. The fourth-order valence-electron chi connectivity index (χ4n) is 2.67. The van der Waals surface area contributed by atoms with Crippen LogP contribution in [0.2, 0.25) is 0 Å². The summed E-state index contributed by atoms with van der Waals surface area (Å²) in [4.78, 5) is 14.1. The first-order valence-corrected chi connectivity index (χ1v) is 7.41. The molecule has 0 spiro atoms. The molecule has 0 aromatic heterocycles. The van der Waals surface area contributed by atoms with E-state index in [1.165, 1.54) is 6.42 Å². The van der Waals surface area contributed by atoms with Crippen LogP contribution < -0.4 is 14.8 Å². The minimum Gasteiger partial charge on any atom is -0.493 e. The largest absolute Gasteiger partial charge is 0.493 e. The molecule has 116 valence electrons. The number of piperidine rings is 1.